The molecule has 0 saturated heterocycles. The fourth-order valence-electron chi connectivity index (χ4n) is 1.71. The molecule has 0 atom stereocenters. The number of hydrogen-bond donors (Lipinski definition) is 2. The highest BCUT2D eigenvalue weighted by molar-refractivity contribution is 5.84. The van der Waals surface area contributed by atoms with Gasteiger partial charge < -0.3 is 10.8 Å². The lowest BCUT2D eigenvalue weighted by Crippen LogP contribution is -2.19. The second-order valence-electron chi connectivity index (χ2n) is 3.79. The van der Waals surface area contributed by atoms with Crippen LogP contribution in [0, 0.1) is 0 Å². The minimum atomic E-state index is -0.710. The number of carboxylic acid groups (broad SMARTS) is 1. The quantitative estimate of drug-likeness (QED) is 0.756. The molecular formula is C11H13NO2. The van der Waals surface area contributed by atoms with Crippen LogP contribution >= 0.6 is 0 Å². The van der Waals surface area contributed by atoms with Gasteiger partial charge in [0.05, 0.1) is 5.41 Å². The first-order valence-electron chi connectivity index (χ1n) is 4.72. The summed E-state index contributed by atoms with van der Waals surface area (Å²) < 4.78 is 0. The van der Waals surface area contributed by atoms with Gasteiger partial charge in [-0.2, -0.15) is 0 Å². The van der Waals surface area contributed by atoms with Crippen LogP contribution in [0.25, 0.3) is 0 Å². The van der Waals surface area contributed by atoms with E-state index in [4.69, 9.17) is 10.8 Å². The summed E-state index contributed by atoms with van der Waals surface area (Å²) in [5.74, 6) is -0.710. The molecule has 0 radical (unpaired) electrons. The van der Waals surface area contributed by atoms with E-state index in [0.717, 1.165) is 24.0 Å². The van der Waals surface area contributed by atoms with Crippen LogP contribution in [0.4, 0.5) is 0 Å². The average molecular weight is 191 g/mol. The molecule has 0 heterocycles. The molecule has 2 rings (SSSR count). The van der Waals surface area contributed by atoms with Crippen molar-refractivity contribution in [3.05, 3.63) is 35.4 Å². The van der Waals surface area contributed by atoms with E-state index in [1.54, 1.807) is 0 Å². The van der Waals surface area contributed by atoms with E-state index in [1.165, 1.54) is 0 Å². The Kier molecular flexibility index (Phi) is 2.04. The Morgan fingerprint density at radius 2 is 1.93 bits per heavy atom. The van der Waals surface area contributed by atoms with Gasteiger partial charge >= 0.3 is 5.97 Å². The Hall–Kier alpha value is -1.35. The van der Waals surface area contributed by atoms with Crippen LogP contribution in [0.5, 0.6) is 0 Å². The van der Waals surface area contributed by atoms with E-state index in [0.29, 0.717) is 6.54 Å². The third-order valence-corrected chi connectivity index (χ3v) is 2.90. The van der Waals surface area contributed by atoms with Gasteiger partial charge in [-0.1, -0.05) is 24.3 Å². The summed E-state index contributed by atoms with van der Waals surface area (Å²) >= 11 is 0. The zero-order valence-electron chi connectivity index (χ0n) is 7.86. The molecule has 1 aromatic carbocycles. The van der Waals surface area contributed by atoms with Crippen molar-refractivity contribution >= 4 is 5.97 Å². The lowest BCUT2D eigenvalue weighted by Gasteiger charge is -2.10. The number of carboxylic acids is 1. The first kappa shape index (κ1) is 9.21. The lowest BCUT2D eigenvalue weighted by atomic mass is 9.95. The van der Waals surface area contributed by atoms with Gasteiger partial charge in [0, 0.05) is 6.54 Å². The summed E-state index contributed by atoms with van der Waals surface area (Å²) in [5, 5.41) is 9.06. The van der Waals surface area contributed by atoms with Crippen molar-refractivity contribution in [2.24, 2.45) is 5.73 Å². The standard InChI is InChI=1S/C11H13NO2/c12-7-8-1-3-9(4-2-8)11(5-6-11)10(13)14/h1-4H,5-7,12H2,(H,13,14). The molecule has 1 aromatic rings. The van der Waals surface area contributed by atoms with Gasteiger partial charge in [-0.25, -0.2) is 0 Å². The van der Waals surface area contributed by atoms with Crippen molar-refractivity contribution in [2.45, 2.75) is 24.8 Å². The minimum Gasteiger partial charge on any atom is -0.481 e. The van der Waals surface area contributed by atoms with Crippen molar-refractivity contribution in [3.63, 3.8) is 0 Å². The number of hydrogen-bond acceptors (Lipinski definition) is 2. The molecule has 0 aliphatic heterocycles. The number of nitrogens with two attached hydrogens (primary N) is 1. The predicted octanol–water partition coefficient (Wildman–Crippen LogP) is 1.26. The molecule has 0 bridgehead atoms. The van der Waals surface area contributed by atoms with Crippen LogP contribution in [0.15, 0.2) is 24.3 Å². The monoisotopic (exact) mass is 191 g/mol. The van der Waals surface area contributed by atoms with Crippen molar-refractivity contribution in [1.29, 1.82) is 0 Å². The third kappa shape index (κ3) is 1.30. The largest absolute Gasteiger partial charge is 0.481 e. The van der Waals surface area contributed by atoms with Crippen molar-refractivity contribution in [2.75, 3.05) is 0 Å². The van der Waals surface area contributed by atoms with Gasteiger partial charge in [0.1, 0.15) is 0 Å². The Morgan fingerprint density at radius 3 is 2.29 bits per heavy atom. The molecule has 0 aromatic heterocycles. The maximum atomic E-state index is 11.0. The summed E-state index contributed by atoms with van der Waals surface area (Å²) in [7, 11) is 0. The fourth-order valence-corrected chi connectivity index (χ4v) is 1.71. The van der Waals surface area contributed by atoms with Crippen LogP contribution in [0.3, 0.4) is 0 Å². The number of carbonyl (C=O) groups is 1. The van der Waals surface area contributed by atoms with Crippen LogP contribution in [0.1, 0.15) is 24.0 Å². The van der Waals surface area contributed by atoms with Crippen LogP contribution in [-0.2, 0) is 16.8 Å². The summed E-state index contributed by atoms with van der Waals surface area (Å²) in [6, 6.07) is 7.56. The maximum Gasteiger partial charge on any atom is 0.314 e. The van der Waals surface area contributed by atoms with E-state index in [1.807, 2.05) is 24.3 Å². The predicted molar refractivity (Wildman–Crippen MR) is 52.9 cm³/mol. The van der Waals surface area contributed by atoms with Gasteiger partial charge in [-0.15, -0.1) is 0 Å². The molecule has 0 unspecified atom stereocenters. The highest BCUT2D eigenvalue weighted by Crippen LogP contribution is 2.48. The minimum absolute atomic E-state index is 0.500. The third-order valence-electron chi connectivity index (χ3n) is 2.90. The van der Waals surface area contributed by atoms with Crippen LogP contribution in [-0.4, -0.2) is 11.1 Å². The summed E-state index contributed by atoms with van der Waals surface area (Å²) in [6.45, 7) is 0.500. The molecule has 3 nitrogen and oxygen atoms in total. The molecule has 14 heavy (non-hydrogen) atoms. The molecule has 1 saturated carbocycles. The zero-order valence-corrected chi connectivity index (χ0v) is 7.86. The van der Waals surface area contributed by atoms with E-state index in [2.05, 4.69) is 0 Å². The Balaban J connectivity index is 2.29. The summed E-state index contributed by atoms with van der Waals surface area (Å²) in [6.07, 6.45) is 1.51. The van der Waals surface area contributed by atoms with Gasteiger partial charge in [-0.3, -0.25) is 4.79 Å². The van der Waals surface area contributed by atoms with Gasteiger partial charge in [0.25, 0.3) is 0 Å². The summed E-state index contributed by atoms with van der Waals surface area (Å²) in [5.41, 5.74) is 6.82. The van der Waals surface area contributed by atoms with Gasteiger partial charge in [0.15, 0.2) is 0 Å². The van der Waals surface area contributed by atoms with Crippen molar-refractivity contribution < 1.29 is 9.90 Å². The SMILES string of the molecule is NCc1ccc(C2(C(=O)O)CC2)cc1. The van der Waals surface area contributed by atoms with Crippen molar-refractivity contribution in [1.82, 2.24) is 0 Å². The second-order valence-corrected chi connectivity index (χ2v) is 3.79. The van der Waals surface area contributed by atoms with E-state index in [-0.39, 0.29) is 0 Å². The highest BCUT2D eigenvalue weighted by atomic mass is 16.4. The molecule has 1 aliphatic rings. The van der Waals surface area contributed by atoms with Crippen molar-refractivity contribution in [3.8, 4) is 0 Å². The molecule has 74 valence electrons. The van der Waals surface area contributed by atoms with Crippen LogP contribution < -0.4 is 5.73 Å². The molecule has 0 amide bonds. The Morgan fingerprint density at radius 1 is 1.36 bits per heavy atom. The first-order chi connectivity index (χ1) is 6.69. The number of aliphatic carboxylic acids is 1. The number of rotatable bonds is 3. The smallest absolute Gasteiger partial charge is 0.314 e. The molecule has 1 fully saturated rings. The molecule has 3 heteroatoms. The van der Waals surface area contributed by atoms with E-state index in [9.17, 15) is 4.79 Å². The fraction of sp³-hybridized carbons (Fsp3) is 0.364. The van der Waals surface area contributed by atoms with Gasteiger partial charge in [0.2, 0.25) is 0 Å². The Labute approximate surface area is 82.5 Å². The molecule has 3 N–H and O–H groups in total. The van der Waals surface area contributed by atoms with E-state index >= 15 is 0 Å². The first-order valence-corrected chi connectivity index (χ1v) is 4.72. The number of benzene rings is 1. The summed E-state index contributed by atoms with van der Waals surface area (Å²) in [4.78, 5) is 11.0. The average Bonchev–Trinajstić information content (AvgIpc) is 2.99. The maximum absolute atomic E-state index is 11.0. The molecule has 1 aliphatic carbocycles. The van der Waals surface area contributed by atoms with E-state index < -0.39 is 11.4 Å². The molecular weight excluding hydrogens is 178 g/mol. The topological polar surface area (TPSA) is 63.3 Å². The molecule has 0 spiro atoms. The zero-order chi connectivity index (χ0) is 10.2. The van der Waals surface area contributed by atoms with Crippen LogP contribution in [0.2, 0.25) is 0 Å². The second kappa shape index (κ2) is 3.10. The van der Waals surface area contributed by atoms with Gasteiger partial charge in [-0.05, 0) is 24.0 Å². The normalized spacial score (nSPS) is 17.8. The Bertz CT molecular complexity index is 352. The highest BCUT2D eigenvalue weighted by Gasteiger charge is 2.51. The lowest BCUT2D eigenvalue weighted by molar-refractivity contribution is -0.140.